The maximum atomic E-state index is 5.78. The van der Waals surface area contributed by atoms with E-state index >= 15 is 0 Å². The molecular weight excluding hydrogens is 290 g/mol. The smallest absolute Gasteiger partial charge is 0.139 e. The highest BCUT2D eigenvalue weighted by Crippen LogP contribution is 2.20. The standard InChI is InChI=1S/C15H16BrNO/c1-10-4-11(2)15(12(3)5-10)9-18-14-6-13(16)7-17-8-14/h4-8H,9H2,1-3H3. The Hall–Kier alpha value is -1.35. The zero-order valence-corrected chi connectivity index (χ0v) is 12.4. The van der Waals surface area contributed by atoms with Gasteiger partial charge in [0.1, 0.15) is 12.4 Å². The molecule has 0 spiro atoms. The van der Waals surface area contributed by atoms with Crippen LogP contribution in [0, 0.1) is 20.8 Å². The average Bonchev–Trinajstić information content (AvgIpc) is 2.27. The molecule has 1 aromatic heterocycles. The van der Waals surface area contributed by atoms with E-state index in [9.17, 15) is 0 Å². The van der Waals surface area contributed by atoms with Gasteiger partial charge in [0.05, 0.1) is 6.20 Å². The maximum absolute atomic E-state index is 5.78. The van der Waals surface area contributed by atoms with Crippen molar-refractivity contribution >= 4 is 15.9 Å². The summed E-state index contributed by atoms with van der Waals surface area (Å²) < 4.78 is 6.71. The van der Waals surface area contributed by atoms with Crippen molar-refractivity contribution in [2.24, 2.45) is 0 Å². The Morgan fingerprint density at radius 3 is 2.33 bits per heavy atom. The second kappa shape index (κ2) is 5.53. The molecule has 2 rings (SSSR count). The molecule has 2 nitrogen and oxygen atoms in total. The molecule has 0 saturated heterocycles. The normalized spacial score (nSPS) is 10.4. The van der Waals surface area contributed by atoms with Crippen LogP contribution in [0.3, 0.4) is 0 Å². The van der Waals surface area contributed by atoms with Crippen molar-refractivity contribution in [3.8, 4) is 5.75 Å². The van der Waals surface area contributed by atoms with E-state index in [1.165, 1.54) is 22.3 Å². The van der Waals surface area contributed by atoms with Crippen molar-refractivity contribution in [3.63, 3.8) is 0 Å². The molecule has 3 heteroatoms. The molecule has 0 radical (unpaired) electrons. The summed E-state index contributed by atoms with van der Waals surface area (Å²) in [6.45, 7) is 6.94. The van der Waals surface area contributed by atoms with Gasteiger partial charge in [-0.2, -0.15) is 0 Å². The molecule has 0 amide bonds. The minimum atomic E-state index is 0.579. The Kier molecular flexibility index (Phi) is 4.02. The van der Waals surface area contributed by atoms with Crippen LogP contribution in [0.4, 0.5) is 0 Å². The topological polar surface area (TPSA) is 22.1 Å². The first-order valence-corrected chi connectivity index (χ1v) is 6.65. The van der Waals surface area contributed by atoms with Crippen LogP contribution < -0.4 is 4.74 Å². The number of nitrogens with zero attached hydrogens (tertiary/aromatic N) is 1. The highest BCUT2D eigenvalue weighted by Gasteiger charge is 2.05. The molecule has 94 valence electrons. The van der Waals surface area contributed by atoms with Crippen molar-refractivity contribution in [3.05, 3.63) is 57.3 Å². The van der Waals surface area contributed by atoms with Crippen LogP contribution in [0.15, 0.2) is 35.1 Å². The van der Waals surface area contributed by atoms with Gasteiger partial charge >= 0.3 is 0 Å². The Bertz CT molecular complexity index is 543. The molecule has 0 aliphatic carbocycles. The Morgan fingerprint density at radius 1 is 1.06 bits per heavy atom. The van der Waals surface area contributed by atoms with Crippen LogP contribution in [0.25, 0.3) is 0 Å². The number of pyridine rings is 1. The zero-order chi connectivity index (χ0) is 13.1. The molecule has 1 aromatic carbocycles. The highest BCUT2D eigenvalue weighted by atomic mass is 79.9. The van der Waals surface area contributed by atoms with Crippen molar-refractivity contribution in [1.29, 1.82) is 0 Å². The van der Waals surface area contributed by atoms with Gasteiger partial charge in [-0.1, -0.05) is 17.7 Å². The van der Waals surface area contributed by atoms with E-state index < -0.39 is 0 Å². The summed E-state index contributed by atoms with van der Waals surface area (Å²) in [7, 11) is 0. The lowest BCUT2D eigenvalue weighted by Crippen LogP contribution is -2.01. The van der Waals surface area contributed by atoms with E-state index in [1.54, 1.807) is 12.4 Å². The maximum Gasteiger partial charge on any atom is 0.139 e. The lowest BCUT2D eigenvalue weighted by Gasteiger charge is -2.12. The molecule has 18 heavy (non-hydrogen) atoms. The lowest BCUT2D eigenvalue weighted by atomic mass is 10.0. The molecule has 0 bridgehead atoms. The van der Waals surface area contributed by atoms with E-state index in [0.29, 0.717) is 6.61 Å². The van der Waals surface area contributed by atoms with E-state index in [2.05, 4.69) is 53.8 Å². The molecule has 1 heterocycles. The molecular formula is C15H16BrNO. The Labute approximate surface area is 116 Å². The van der Waals surface area contributed by atoms with Gasteiger partial charge in [0, 0.05) is 10.7 Å². The molecule has 0 atom stereocenters. The number of aryl methyl sites for hydroxylation is 3. The largest absolute Gasteiger partial charge is 0.487 e. The van der Waals surface area contributed by atoms with Crippen LogP contribution in [-0.4, -0.2) is 4.98 Å². The van der Waals surface area contributed by atoms with E-state index in [4.69, 9.17) is 4.74 Å². The lowest BCUT2D eigenvalue weighted by molar-refractivity contribution is 0.303. The first-order chi connectivity index (χ1) is 8.56. The fourth-order valence-electron chi connectivity index (χ4n) is 2.06. The van der Waals surface area contributed by atoms with E-state index in [1.807, 2.05) is 6.07 Å². The minimum absolute atomic E-state index is 0.579. The second-order valence-corrected chi connectivity index (χ2v) is 5.42. The first kappa shape index (κ1) is 13.1. The zero-order valence-electron chi connectivity index (χ0n) is 10.8. The summed E-state index contributed by atoms with van der Waals surface area (Å²) in [5.74, 6) is 0.781. The van der Waals surface area contributed by atoms with Crippen LogP contribution in [0.5, 0.6) is 5.75 Å². The summed E-state index contributed by atoms with van der Waals surface area (Å²) >= 11 is 3.38. The quantitative estimate of drug-likeness (QED) is 0.841. The number of benzene rings is 1. The van der Waals surface area contributed by atoms with E-state index in [0.717, 1.165) is 10.2 Å². The fourth-order valence-corrected chi connectivity index (χ4v) is 2.41. The Balaban J connectivity index is 2.16. The number of hydrogen-bond donors (Lipinski definition) is 0. The second-order valence-electron chi connectivity index (χ2n) is 4.50. The minimum Gasteiger partial charge on any atom is -0.487 e. The van der Waals surface area contributed by atoms with Crippen molar-refractivity contribution < 1.29 is 4.74 Å². The summed E-state index contributed by atoms with van der Waals surface area (Å²) in [4.78, 5) is 4.08. The molecule has 0 aliphatic rings. The molecule has 0 fully saturated rings. The predicted octanol–water partition coefficient (Wildman–Crippen LogP) is 4.35. The van der Waals surface area contributed by atoms with Crippen molar-refractivity contribution in [1.82, 2.24) is 4.98 Å². The summed E-state index contributed by atoms with van der Waals surface area (Å²) in [6, 6.07) is 6.29. The summed E-state index contributed by atoms with van der Waals surface area (Å²) in [5, 5.41) is 0. The highest BCUT2D eigenvalue weighted by molar-refractivity contribution is 9.10. The third kappa shape index (κ3) is 3.10. The average molecular weight is 306 g/mol. The first-order valence-electron chi connectivity index (χ1n) is 5.86. The van der Waals surface area contributed by atoms with Crippen LogP contribution in [0.2, 0.25) is 0 Å². The summed E-state index contributed by atoms with van der Waals surface area (Å²) in [5.41, 5.74) is 5.09. The van der Waals surface area contributed by atoms with Gasteiger partial charge in [0.25, 0.3) is 0 Å². The molecule has 0 N–H and O–H groups in total. The van der Waals surface area contributed by atoms with Gasteiger partial charge < -0.3 is 4.74 Å². The van der Waals surface area contributed by atoms with Gasteiger partial charge in [-0.15, -0.1) is 0 Å². The van der Waals surface area contributed by atoms with Crippen LogP contribution >= 0.6 is 15.9 Å². The number of halogens is 1. The Morgan fingerprint density at radius 2 is 1.72 bits per heavy atom. The fraction of sp³-hybridized carbons (Fsp3) is 0.267. The van der Waals surface area contributed by atoms with Gasteiger partial charge in [-0.3, -0.25) is 4.98 Å². The molecule has 2 aromatic rings. The third-order valence-electron chi connectivity index (χ3n) is 2.90. The predicted molar refractivity (Wildman–Crippen MR) is 76.9 cm³/mol. The summed E-state index contributed by atoms with van der Waals surface area (Å²) in [6.07, 6.45) is 3.47. The van der Waals surface area contributed by atoms with Gasteiger partial charge in [0.15, 0.2) is 0 Å². The van der Waals surface area contributed by atoms with Gasteiger partial charge in [-0.05, 0) is 59.5 Å². The van der Waals surface area contributed by atoms with Crippen LogP contribution in [-0.2, 0) is 6.61 Å². The van der Waals surface area contributed by atoms with E-state index in [-0.39, 0.29) is 0 Å². The van der Waals surface area contributed by atoms with Gasteiger partial charge in [0.2, 0.25) is 0 Å². The van der Waals surface area contributed by atoms with Gasteiger partial charge in [-0.25, -0.2) is 0 Å². The number of rotatable bonds is 3. The molecule has 0 unspecified atom stereocenters. The number of ether oxygens (including phenoxy) is 1. The number of aromatic nitrogens is 1. The molecule has 0 saturated carbocycles. The third-order valence-corrected chi connectivity index (χ3v) is 3.34. The SMILES string of the molecule is Cc1cc(C)c(COc2cncc(Br)c2)c(C)c1. The van der Waals surface area contributed by atoms with Crippen molar-refractivity contribution in [2.45, 2.75) is 27.4 Å². The number of hydrogen-bond acceptors (Lipinski definition) is 2. The monoisotopic (exact) mass is 305 g/mol. The van der Waals surface area contributed by atoms with Crippen molar-refractivity contribution in [2.75, 3.05) is 0 Å². The molecule has 0 aliphatic heterocycles. The van der Waals surface area contributed by atoms with Crippen LogP contribution in [0.1, 0.15) is 22.3 Å².